The minimum absolute atomic E-state index is 0.481. The third-order valence-corrected chi connectivity index (χ3v) is 4.84. The lowest BCUT2D eigenvalue weighted by molar-refractivity contribution is 0.188. The van der Waals surface area contributed by atoms with Crippen molar-refractivity contribution in [2.75, 3.05) is 18.4 Å². The molecule has 0 spiro atoms. The van der Waals surface area contributed by atoms with Gasteiger partial charge in [-0.15, -0.1) is 0 Å². The minimum atomic E-state index is 0.481. The first-order valence-corrected chi connectivity index (χ1v) is 7.95. The summed E-state index contributed by atoms with van der Waals surface area (Å²) < 4.78 is 0. The highest BCUT2D eigenvalue weighted by Crippen LogP contribution is 2.29. The van der Waals surface area contributed by atoms with Crippen molar-refractivity contribution in [3.63, 3.8) is 0 Å². The number of piperidine rings is 1. The van der Waals surface area contributed by atoms with Gasteiger partial charge in [-0.3, -0.25) is 0 Å². The Morgan fingerprint density at radius 1 is 1.35 bits per heavy atom. The molecule has 2 unspecified atom stereocenters. The largest absolute Gasteiger partial charge is 0.389 e. The molecule has 0 aromatic heterocycles. The lowest BCUT2D eigenvalue weighted by Crippen LogP contribution is -2.42. The maximum atomic E-state index is 5.86. The summed E-state index contributed by atoms with van der Waals surface area (Å²) in [5, 5.41) is 3.68. The molecule has 0 bridgehead atoms. The van der Waals surface area contributed by atoms with Crippen LogP contribution in [0.3, 0.4) is 0 Å². The fraction of sp³-hybridized carbons (Fsp3) is 0.562. The summed E-state index contributed by atoms with van der Waals surface area (Å²) in [4.78, 5) is 3.12. The van der Waals surface area contributed by atoms with Crippen molar-refractivity contribution in [3.8, 4) is 0 Å². The van der Waals surface area contributed by atoms with Gasteiger partial charge in [-0.25, -0.2) is 0 Å². The van der Waals surface area contributed by atoms with Gasteiger partial charge >= 0.3 is 0 Å². The Morgan fingerprint density at radius 2 is 2.20 bits per heavy atom. The molecule has 2 saturated heterocycles. The Balaban J connectivity index is 1.73. The number of fused-ring (bicyclic) bond motifs is 1. The van der Waals surface area contributed by atoms with E-state index in [4.69, 9.17) is 18.0 Å². The van der Waals surface area contributed by atoms with Crippen LogP contribution in [0, 0.1) is 6.92 Å². The predicted octanol–water partition coefficient (Wildman–Crippen LogP) is 2.67. The van der Waals surface area contributed by atoms with Crippen molar-refractivity contribution >= 4 is 22.9 Å². The Bertz CT molecular complexity index is 514. The maximum absolute atomic E-state index is 5.86. The number of hydrogen-bond donors (Lipinski definition) is 2. The topological polar surface area (TPSA) is 41.3 Å². The molecule has 3 N–H and O–H groups in total. The molecule has 2 heterocycles. The van der Waals surface area contributed by atoms with E-state index in [9.17, 15) is 0 Å². The van der Waals surface area contributed by atoms with Gasteiger partial charge in [0, 0.05) is 29.9 Å². The van der Waals surface area contributed by atoms with Crippen LogP contribution in [-0.2, 0) is 0 Å². The van der Waals surface area contributed by atoms with E-state index in [2.05, 4.69) is 35.3 Å². The van der Waals surface area contributed by atoms with Gasteiger partial charge in [0.15, 0.2) is 0 Å². The van der Waals surface area contributed by atoms with Crippen molar-refractivity contribution in [1.82, 2.24) is 4.90 Å². The molecule has 1 aromatic carbocycles. The van der Waals surface area contributed by atoms with Crippen molar-refractivity contribution in [2.24, 2.45) is 5.73 Å². The average molecular weight is 289 g/mol. The molecule has 108 valence electrons. The number of thiocarbonyl (C=S) groups is 1. The maximum Gasteiger partial charge on any atom is 0.106 e. The van der Waals surface area contributed by atoms with E-state index in [0.29, 0.717) is 11.0 Å². The van der Waals surface area contributed by atoms with E-state index in [1.54, 1.807) is 0 Å². The number of nitrogens with two attached hydrogens (primary N) is 1. The number of hydrogen-bond acceptors (Lipinski definition) is 3. The molecule has 20 heavy (non-hydrogen) atoms. The fourth-order valence-corrected chi connectivity index (χ4v) is 3.73. The van der Waals surface area contributed by atoms with Gasteiger partial charge in [0.2, 0.25) is 0 Å². The summed E-state index contributed by atoms with van der Waals surface area (Å²) in [7, 11) is 0. The normalized spacial score (nSPS) is 26.2. The number of rotatable bonds is 3. The predicted molar refractivity (Wildman–Crippen MR) is 88.3 cm³/mol. The highest BCUT2D eigenvalue weighted by Gasteiger charge is 2.31. The summed E-state index contributed by atoms with van der Waals surface area (Å²) >= 11 is 5.18. The zero-order chi connectivity index (χ0) is 14.1. The summed E-state index contributed by atoms with van der Waals surface area (Å²) in [6.45, 7) is 4.58. The van der Waals surface area contributed by atoms with Gasteiger partial charge in [-0.1, -0.05) is 23.8 Å². The van der Waals surface area contributed by atoms with Gasteiger partial charge in [-0.05, 0) is 51.3 Å². The highest BCUT2D eigenvalue weighted by atomic mass is 32.1. The molecular weight excluding hydrogens is 266 g/mol. The molecule has 2 atom stereocenters. The van der Waals surface area contributed by atoms with Gasteiger partial charge < -0.3 is 16.0 Å². The molecule has 0 radical (unpaired) electrons. The van der Waals surface area contributed by atoms with E-state index >= 15 is 0 Å². The second-order valence-corrected chi connectivity index (χ2v) is 6.55. The monoisotopic (exact) mass is 289 g/mol. The van der Waals surface area contributed by atoms with Crippen molar-refractivity contribution in [1.29, 1.82) is 0 Å². The summed E-state index contributed by atoms with van der Waals surface area (Å²) in [6, 6.07) is 7.64. The van der Waals surface area contributed by atoms with Crippen LogP contribution in [0.4, 0.5) is 5.69 Å². The second kappa shape index (κ2) is 5.70. The van der Waals surface area contributed by atoms with Gasteiger partial charge in [-0.2, -0.15) is 0 Å². The first-order chi connectivity index (χ1) is 9.63. The number of anilines is 1. The van der Waals surface area contributed by atoms with Crippen LogP contribution in [0.1, 0.15) is 36.8 Å². The number of aryl methyl sites for hydroxylation is 1. The molecule has 2 aliphatic heterocycles. The van der Waals surface area contributed by atoms with E-state index in [1.807, 2.05) is 0 Å². The quantitative estimate of drug-likeness (QED) is 0.840. The Kier molecular flexibility index (Phi) is 3.94. The molecule has 3 rings (SSSR count). The van der Waals surface area contributed by atoms with Crippen LogP contribution in [0.25, 0.3) is 0 Å². The average Bonchev–Trinajstić information content (AvgIpc) is 2.88. The summed E-state index contributed by atoms with van der Waals surface area (Å²) in [5.74, 6) is 0. The van der Waals surface area contributed by atoms with Crippen LogP contribution in [0.15, 0.2) is 18.2 Å². The van der Waals surface area contributed by atoms with Crippen molar-refractivity contribution in [2.45, 2.75) is 44.7 Å². The van der Waals surface area contributed by atoms with Crippen LogP contribution in [0.5, 0.6) is 0 Å². The zero-order valence-electron chi connectivity index (χ0n) is 12.1. The standard InChI is InChI=1S/C16H23N3S/c1-11-4-5-15(14(9-11)16(17)20)18-12-6-8-19-7-2-3-13(19)10-12/h4-5,9,12-13,18H,2-3,6-8,10H2,1H3,(H2,17,20). The second-order valence-electron chi connectivity index (χ2n) is 6.11. The molecule has 2 aliphatic rings. The molecular formula is C16H23N3S. The first kappa shape index (κ1) is 13.8. The molecule has 3 nitrogen and oxygen atoms in total. The van der Waals surface area contributed by atoms with Crippen molar-refractivity contribution in [3.05, 3.63) is 29.3 Å². The van der Waals surface area contributed by atoms with Crippen molar-refractivity contribution < 1.29 is 0 Å². The van der Waals surface area contributed by atoms with Crippen LogP contribution in [-0.4, -0.2) is 35.1 Å². The van der Waals surface area contributed by atoms with Gasteiger partial charge in [0.05, 0.1) is 0 Å². The molecule has 4 heteroatoms. The smallest absolute Gasteiger partial charge is 0.106 e. The van der Waals surface area contributed by atoms with E-state index < -0.39 is 0 Å². The fourth-order valence-electron chi connectivity index (χ4n) is 3.56. The van der Waals surface area contributed by atoms with E-state index in [-0.39, 0.29) is 0 Å². The highest BCUT2D eigenvalue weighted by molar-refractivity contribution is 7.80. The first-order valence-electron chi connectivity index (χ1n) is 7.54. The Hall–Kier alpha value is -1.13. The van der Waals surface area contributed by atoms with Gasteiger partial charge in [0.25, 0.3) is 0 Å². The molecule has 2 fully saturated rings. The molecule has 0 amide bonds. The number of nitrogens with one attached hydrogen (secondary N) is 1. The zero-order valence-corrected chi connectivity index (χ0v) is 12.9. The molecule has 0 aliphatic carbocycles. The van der Waals surface area contributed by atoms with E-state index in [1.165, 1.54) is 44.3 Å². The van der Waals surface area contributed by atoms with Gasteiger partial charge in [0.1, 0.15) is 4.99 Å². The SMILES string of the molecule is Cc1ccc(NC2CCN3CCCC3C2)c(C(N)=S)c1. The van der Waals surface area contributed by atoms with Crippen LogP contribution in [0.2, 0.25) is 0 Å². The lowest BCUT2D eigenvalue weighted by Gasteiger charge is -2.36. The van der Waals surface area contributed by atoms with Crippen LogP contribution >= 0.6 is 12.2 Å². The third kappa shape index (κ3) is 2.81. The van der Waals surface area contributed by atoms with E-state index in [0.717, 1.165) is 17.3 Å². The lowest BCUT2D eigenvalue weighted by atomic mass is 9.96. The Morgan fingerprint density at radius 3 is 3.00 bits per heavy atom. The Labute approximate surface area is 126 Å². The number of benzene rings is 1. The number of nitrogens with zero attached hydrogens (tertiary/aromatic N) is 1. The summed E-state index contributed by atoms with van der Waals surface area (Å²) in [6.07, 6.45) is 5.17. The third-order valence-electron chi connectivity index (χ3n) is 4.62. The molecule has 1 aromatic rings. The minimum Gasteiger partial charge on any atom is -0.389 e. The molecule has 0 saturated carbocycles. The van der Waals surface area contributed by atoms with Crippen LogP contribution < -0.4 is 11.1 Å². The summed E-state index contributed by atoms with van der Waals surface area (Å²) in [5.41, 5.74) is 9.13.